The number of fused-ring (bicyclic) bond motifs is 2. The maximum absolute atomic E-state index is 13.7. The molecule has 0 bridgehead atoms. The first kappa shape index (κ1) is 21.5. The molecule has 0 spiro atoms. The second kappa shape index (κ2) is 8.56. The van der Waals surface area contributed by atoms with E-state index in [1.807, 2.05) is 37.3 Å². The molecule has 34 heavy (non-hydrogen) atoms. The zero-order chi connectivity index (χ0) is 23.8. The Balaban J connectivity index is 1.75. The summed E-state index contributed by atoms with van der Waals surface area (Å²) in [6, 6.07) is 19.2. The molecule has 6 nitrogen and oxygen atoms in total. The van der Waals surface area contributed by atoms with Crippen LogP contribution in [0.3, 0.4) is 0 Å². The summed E-state index contributed by atoms with van der Waals surface area (Å²) in [6.45, 7) is 5.95. The van der Waals surface area contributed by atoms with E-state index in [1.165, 1.54) is 0 Å². The molecule has 0 saturated heterocycles. The Morgan fingerprint density at radius 2 is 1.82 bits per heavy atom. The molecule has 0 aliphatic carbocycles. The van der Waals surface area contributed by atoms with Crippen LogP contribution in [-0.4, -0.2) is 19.6 Å². The lowest BCUT2D eigenvalue weighted by molar-refractivity contribution is 0.0971. The highest BCUT2D eigenvalue weighted by Crippen LogP contribution is 2.42. The Morgan fingerprint density at radius 3 is 2.56 bits per heavy atom. The maximum atomic E-state index is 13.7. The summed E-state index contributed by atoms with van der Waals surface area (Å²) in [5.74, 6) is 0.968. The van der Waals surface area contributed by atoms with E-state index in [1.54, 1.807) is 54.5 Å². The van der Waals surface area contributed by atoms with Gasteiger partial charge in [0.15, 0.2) is 5.43 Å². The Morgan fingerprint density at radius 1 is 1.03 bits per heavy atom. The Kier molecular flexibility index (Phi) is 5.42. The summed E-state index contributed by atoms with van der Waals surface area (Å²) >= 11 is 0. The van der Waals surface area contributed by atoms with Crippen LogP contribution in [0, 0.1) is 6.92 Å². The number of methoxy groups -OCH3 is 1. The van der Waals surface area contributed by atoms with Gasteiger partial charge in [0.2, 0.25) is 5.76 Å². The van der Waals surface area contributed by atoms with Gasteiger partial charge in [-0.3, -0.25) is 14.5 Å². The van der Waals surface area contributed by atoms with Crippen molar-refractivity contribution in [3.8, 4) is 11.5 Å². The second-order valence-electron chi connectivity index (χ2n) is 8.12. The van der Waals surface area contributed by atoms with Crippen molar-refractivity contribution in [1.29, 1.82) is 0 Å². The molecule has 1 aliphatic heterocycles. The van der Waals surface area contributed by atoms with E-state index in [4.69, 9.17) is 13.9 Å². The Hall–Kier alpha value is -4.32. The highest BCUT2D eigenvalue weighted by molar-refractivity contribution is 6.10. The average Bonchev–Trinajstić information content (AvgIpc) is 3.16. The molecule has 6 heteroatoms. The van der Waals surface area contributed by atoms with E-state index in [2.05, 4.69) is 6.58 Å². The quantitative estimate of drug-likeness (QED) is 0.365. The minimum absolute atomic E-state index is 0.0552. The fourth-order valence-electron chi connectivity index (χ4n) is 4.34. The van der Waals surface area contributed by atoms with Gasteiger partial charge >= 0.3 is 0 Å². The summed E-state index contributed by atoms with van der Waals surface area (Å²) in [6.07, 6.45) is 1.66. The van der Waals surface area contributed by atoms with Crippen molar-refractivity contribution in [2.24, 2.45) is 0 Å². The molecule has 170 valence electrons. The van der Waals surface area contributed by atoms with Gasteiger partial charge in [-0.15, -0.1) is 0 Å². The van der Waals surface area contributed by atoms with Crippen molar-refractivity contribution in [2.75, 3.05) is 18.6 Å². The van der Waals surface area contributed by atoms with E-state index in [0.29, 0.717) is 40.3 Å². The molecular formula is C28H23NO5. The maximum Gasteiger partial charge on any atom is 0.295 e. The lowest BCUT2D eigenvalue weighted by atomic mass is 9.97. The van der Waals surface area contributed by atoms with Gasteiger partial charge in [0.25, 0.3) is 5.91 Å². The number of ether oxygens (including phenoxy) is 2. The fourth-order valence-corrected chi connectivity index (χ4v) is 4.34. The fraction of sp³-hybridized carbons (Fsp3) is 0.143. The van der Waals surface area contributed by atoms with Gasteiger partial charge in [-0.2, -0.15) is 0 Å². The van der Waals surface area contributed by atoms with Crippen LogP contribution in [0.1, 0.15) is 33.3 Å². The molecule has 1 aliphatic rings. The third-order valence-electron chi connectivity index (χ3n) is 5.92. The monoisotopic (exact) mass is 453 g/mol. The normalized spacial score (nSPS) is 14.8. The van der Waals surface area contributed by atoms with E-state index >= 15 is 0 Å². The molecule has 4 aromatic rings. The highest BCUT2D eigenvalue weighted by atomic mass is 16.5. The molecule has 0 fully saturated rings. The second-order valence-corrected chi connectivity index (χ2v) is 8.12. The van der Waals surface area contributed by atoms with E-state index in [9.17, 15) is 9.59 Å². The minimum atomic E-state index is -0.677. The summed E-state index contributed by atoms with van der Waals surface area (Å²) in [5, 5.41) is 0.451. The number of carbonyl (C=O) groups excluding carboxylic acids is 1. The van der Waals surface area contributed by atoms with Crippen molar-refractivity contribution in [1.82, 2.24) is 0 Å². The number of hydrogen-bond acceptors (Lipinski definition) is 5. The number of nitrogens with zero attached hydrogens (tertiary/aromatic N) is 1. The van der Waals surface area contributed by atoms with E-state index in [-0.39, 0.29) is 17.1 Å². The lowest BCUT2D eigenvalue weighted by Crippen LogP contribution is -2.29. The van der Waals surface area contributed by atoms with Crippen molar-refractivity contribution < 1.29 is 18.7 Å². The van der Waals surface area contributed by atoms with E-state index < -0.39 is 6.04 Å². The van der Waals surface area contributed by atoms with Gasteiger partial charge in [-0.25, -0.2) is 0 Å². The molecular weight excluding hydrogens is 430 g/mol. The average molecular weight is 453 g/mol. The van der Waals surface area contributed by atoms with Gasteiger partial charge in [0.1, 0.15) is 23.7 Å². The predicted octanol–water partition coefficient (Wildman–Crippen LogP) is 5.42. The minimum Gasteiger partial charge on any atom is -0.497 e. The topological polar surface area (TPSA) is 69.0 Å². The summed E-state index contributed by atoms with van der Waals surface area (Å²) < 4.78 is 17.0. The number of carbonyl (C=O) groups is 1. The zero-order valence-corrected chi connectivity index (χ0v) is 18.9. The van der Waals surface area contributed by atoms with Gasteiger partial charge < -0.3 is 13.9 Å². The van der Waals surface area contributed by atoms with Crippen LogP contribution in [0.25, 0.3) is 11.0 Å². The van der Waals surface area contributed by atoms with Crippen LogP contribution in [0.4, 0.5) is 5.69 Å². The Bertz CT molecular complexity index is 1470. The third-order valence-corrected chi connectivity index (χ3v) is 5.92. The molecule has 2 heterocycles. The SMILES string of the molecule is C=CCOc1cccc(C2c3c(oc4ccc(C)cc4c3=O)C(=O)N2c2ccc(OC)cc2)c1. The number of anilines is 1. The van der Waals surface area contributed by atoms with Gasteiger partial charge in [0, 0.05) is 5.69 Å². The van der Waals surface area contributed by atoms with Crippen LogP contribution in [0.15, 0.2) is 88.6 Å². The largest absolute Gasteiger partial charge is 0.497 e. The lowest BCUT2D eigenvalue weighted by Gasteiger charge is -2.25. The molecule has 1 unspecified atom stereocenters. The molecule has 1 atom stereocenters. The summed E-state index contributed by atoms with van der Waals surface area (Å²) in [5.41, 5.74) is 2.79. The molecule has 1 aromatic heterocycles. The van der Waals surface area contributed by atoms with E-state index in [0.717, 1.165) is 11.1 Å². The molecule has 1 amide bonds. The highest BCUT2D eigenvalue weighted by Gasteiger charge is 2.43. The standard InChI is InChI=1S/C28H23NO5/c1-4-14-33-21-7-5-6-18(16-21)25-24-26(30)22-15-17(2)8-13-23(22)34-27(24)28(31)29(25)19-9-11-20(32-3)12-10-19/h4-13,15-16,25H,1,14H2,2-3H3. The first-order valence-corrected chi connectivity index (χ1v) is 10.9. The smallest absolute Gasteiger partial charge is 0.295 e. The van der Waals surface area contributed by atoms with Crippen molar-refractivity contribution in [3.63, 3.8) is 0 Å². The summed E-state index contributed by atoms with van der Waals surface area (Å²) in [7, 11) is 1.58. The van der Waals surface area contributed by atoms with Crippen LogP contribution in [0.2, 0.25) is 0 Å². The van der Waals surface area contributed by atoms with Crippen molar-refractivity contribution in [3.05, 3.63) is 112 Å². The van der Waals surface area contributed by atoms with Gasteiger partial charge in [-0.1, -0.05) is 36.4 Å². The van der Waals surface area contributed by atoms with Gasteiger partial charge in [0.05, 0.1) is 24.1 Å². The van der Waals surface area contributed by atoms with Crippen LogP contribution in [0.5, 0.6) is 11.5 Å². The van der Waals surface area contributed by atoms with Crippen molar-refractivity contribution in [2.45, 2.75) is 13.0 Å². The molecule has 3 aromatic carbocycles. The number of rotatable bonds is 6. The predicted molar refractivity (Wildman–Crippen MR) is 131 cm³/mol. The van der Waals surface area contributed by atoms with Crippen LogP contribution >= 0.6 is 0 Å². The molecule has 5 rings (SSSR count). The molecule has 0 N–H and O–H groups in total. The third kappa shape index (κ3) is 3.53. The Labute approximate surface area is 196 Å². The molecule has 0 radical (unpaired) electrons. The number of benzene rings is 3. The first-order chi connectivity index (χ1) is 16.5. The summed E-state index contributed by atoms with van der Waals surface area (Å²) in [4.78, 5) is 29.0. The van der Waals surface area contributed by atoms with Gasteiger partial charge in [-0.05, 0) is 61.0 Å². The number of hydrogen-bond donors (Lipinski definition) is 0. The van der Waals surface area contributed by atoms with Crippen LogP contribution < -0.4 is 19.8 Å². The van der Waals surface area contributed by atoms with Crippen LogP contribution in [-0.2, 0) is 0 Å². The number of amides is 1. The van der Waals surface area contributed by atoms with Crippen molar-refractivity contribution >= 4 is 22.6 Å². The first-order valence-electron chi connectivity index (χ1n) is 10.9. The number of aryl methyl sites for hydroxylation is 1. The zero-order valence-electron chi connectivity index (χ0n) is 18.9. The molecule has 0 saturated carbocycles.